The molecule has 0 unspecified atom stereocenters. The summed E-state index contributed by atoms with van der Waals surface area (Å²) in [5, 5.41) is 2.95. The highest BCUT2D eigenvalue weighted by molar-refractivity contribution is 8.13. The van der Waals surface area contributed by atoms with Gasteiger partial charge in [-0.2, -0.15) is 0 Å². The zero-order valence-electron chi connectivity index (χ0n) is 10.2. The first kappa shape index (κ1) is 16.0. The van der Waals surface area contributed by atoms with Crippen LogP contribution in [-0.4, -0.2) is 19.3 Å². The lowest BCUT2D eigenvalue weighted by atomic mass is 10.3. The standard InChI is InChI=1S/C12H7Cl3N2O3S/c13-7-1-3-11(16-6-7)12(18)17-10-4-2-8(5-9(10)14)21(15,19)20/h1-6H,(H,17,18). The number of aromatic nitrogens is 1. The van der Waals surface area contributed by atoms with Gasteiger partial charge in [0, 0.05) is 16.9 Å². The van der Waals surface area contributed by atoms with Gasteiger partial charge in [0.1, 0.15) is 5.69 Å². The van der Waals surface area contributed by atoms with Crippen LogP contribution in [0.4, 0.5) is 5.69 Å². The quantitative estimate of drug-likeness (QED) is 0.844. The van der Waals surface area contributed by atoms with Crippen molar-refractivity contribution in [2.24, 2.45) is 0 Å². The molecule has 0 aliphatic rings. The Morgan fingerprint density at radius 2 is 1.86 bits per heavy atom. The molecule has 1 heterocycles. The summed E-state index contributed by atoms with van der Waals surface area (Å²) in [5.74, 6) is -0.505. The predicted octanol–water partition coefficient (Wildman–Crippen LogP) is 3.57. The fourth-order valence-electron chi connectivity index (χ4n) is 1.45. The maximum Gasteiger partial charge on any atom is 0.274 e. The van der Waals surface area contributed by atoms with Crippen molar-refractivity contribution in [1.82, 2.24) is 4.98 Å². The maximum absolute atomic E-state index is 11.9. The second-order valence-corrected chi connectivity index (χ2v) is 7.30. The van der Waals surface area contributed by atoms with Gasteiger partial charge in [0.15, 0.2) is 0 Å². The van der Waals surface area contributed by atoms with Crippen molar-refractivity contribution in [3.8, 4) is 0 Å². The number of hydrogen-bond acceptors (Lipinski definition) is 4. The summed E-state index contributed by atoms with van der Waals surface area (Å²) in [6, 6.07) is 6.69. The van der Waals surface area contributed by atoms with E-state index in [4.69, 9.17) is 33.9 Å². The van der Waals surface area contributed by atoms with Gasteiger partial charge in [0.25, 0.3) is 15.0 Å². The van der Waals surface area contributed by atoms with Gasteiger partial charge in [-0.1, -0.05) is 23.2 Å². The smallest absolute Gasteiger partial charge is 0.274 e. The van der Waals surface area contributed by atoms with E-state index in [2.05, 4.69) is 10.3 Å². The summed E-state index contributed by atoms with van der Waals surface area (Å²) in [6.07, 6.45) is 1.33. The number of hydrogen-bond donors (Lipinski definition) is 1. The monoisotopic (exact) mass is 364 g/mol. The molecule has 0 fully saturated rings. The molecule has 0 aliphatic carbocycles. The number of carbonyl (C=O) groups excluding carboxylic acids is 1. The summed E-state index contributed by atoms with van der Waals surface area (Å²) in [6.45, 7) is 0. The molecule has 2 rings (SSSR count). The molecule has 21 heavy (non-hydrogen) atoms. The second-order valence-electron chi connectivity index (χ2n) is 3.90. The van der Waals surface area contributed by atoms with E-state index < -0.39 is 15.0 Å². The molecule has 110 valence electrons. The summed E-state index contributed by atoms with van der Waals surface area (Å²) >= 11 is 11.6. The van der Waals surface area contributed by atoms with Crippen molar-refractivity contribution in [3.05, 3.63) is 52.3 Å². The normalized spacial score (nSPS) is 11.2. The molecular formula is C12H7Cl3N2O3S. The van der Waals surface area contributed by atoms with Crippen LogP contribution in [0.1, 0.15) is 10.5 Å². The number of amides is 1. The van der Waals surface area contributed by atoms with Crippen LogP contribution in [0.15, 0.2) is 41.4 Å². The molecule has 0 aliphatic heterocycles. The molecule has 0 bridgehead atoms. The van der Waals surface area contributed by atoms with Gasteiger partial charge in [-0.05, 0) is 30.3 Å². The third kappa shape index (κ3) is 4.07. The molecule has 1 N–H and O–H groups in total. The minimum atomic E-state index is -3.88. The highest BCUT2D eigenvalue weighted by atomic mass is 35.7. The van der Waals surface area contributed by atoms with Crippen molar-refractivity contribution in [3.63, 3.8) is 0 Å². The Morgan fingerprint density at radius 1 is 1.14 bits per heavy atom. The van der Waals surface area contributed by atoms with E-state index in [-0.39, 0.29) is 21.3 Å². The minimum Gasteiger partial charge on any atom is -0.319 e. The second kappa shape index (κ2) is 6.19. The molecule has 0 radical (unpaired) electrons. The van der Waals surface area contributed by atoms with Crippen LogP contribution in [-0.2, 0) is 9.05 Å². The Kier molecular flexibility index (Phi) is 4.73. The molecule has 5 nitrogen and oxygen atoms in total. The Hall–Kier alpha value is -1.34. The third-order valence-corrected chi connectivity index (χ3v) is 4.32. The zero-order valence-corrected chi connectivity index (χ0v) is 13.3. The first-order chi connectivity index (χ1) is 9.77. The molecular weight excluding hydrogens is 359 g/mol. The Bertz CT molecular complexity index is 792. The van der Waals surface area contributed by atoms with Crippen LogP contribution in [0.25, 0.3) is 0 Å². The van der Waals surface area contributed by atoms with Crippen LogP contribution in [0.3, 0.4) is 0 Å². The topological polar surface area (TPSA) is 76.1 Å². The van der Waals surface area contributed by atoms with E-state index >= 15 is 0 Å². The van der Waals surface area contributed by atoms with Gasteiger partial charge in [-0.25, -0.2) is 13.4 Å². The molecule has 0 saturated carbocycles. The van der Waals surface area contributed by atoms with Gasteiger partial charge >= 0.3 is 0 Å². The molecule has 1 aromatic heterocycles. The van der Waals surface area contributed by atoms with Crippen molar-refractivity contribution in [2.75, 3.05) is 5.32 Å². The Balaban J connectivity index is 2.24. The predicted molar refractivity (Wildman–Crippen MR) is 81.7 cm³/mol. The fraction of sp³-hybridized carbons (Fsp3) is 0. The van der Waals surface area contributed by atoms with E-state index in [1.54, 1.807) is 0 Å². The van der Waals surface area contributed by atoms with E-state index in [1.165, 1.54) is 30.5 Å². The van der Waals surface area contributed by atoms with Gasteiger partial charge in [-0.15, -0.1) is 0 Å². The minimum absolute atomic E-state index is 0.0408. The highest BCUT2D eigenvalue weighted by Crippen LogP contribution is 2.27. The molecule has 2 aromatic rings. The van der Waals surface area contributed by atoms with Crippen LogP contribution in [0.2, 0.25) is 10.0 Å². The van der Waals surface area contributed by atoms with Crippen molar-refractivity contribution < 1.29 is 13.2 Å². The van der Waals surface area contributed by atoms with Gasteiger partial charge in [-0.3, -0.25) is 4.79 Å². The Labute approximate surface area is 135 Å². The molecule has 9 heteroatoms. The van der Waals surface area contributed by atoms with Gasteiger partial charge in [0.05, 0.1) is 20.6 Å². The van der Waals surface area contributed by atoms with E-state index in [0.717, 1.165) is 6.07 Å². The van der Waals surface area contributed by atoms with Crippen molar-refractivity contribution >= 4 is 54.5 Å². The maximum atomic E-state index is 11.9. The molecule has 0 spiro atoms. The molecule has 0 saturated heterocycles. The van der Waals surface area contributed by atoms with E-state index in [9.17, 15) is 13.2 Å². The van der Waals surface area contributed by atoms with Crippen LogP contribution < -0.4 is 5.32 Å². The molecule has 0 atom stereocenters. The summed E-state index contributed by atoms with van der Waals surface area (Å²) in [7, 11) is 1.32. The number of nitrogens with one attached hydrogen (secondary N) is 1. The lowest BCUT2D eigenvalue weighted by Gasteiger charge is -2.07. The highest BCUT2D eigenvalue weighted by Gasteiger charge is 2.14. The number of pyridine rings is 1. The van der Waals surface area contributed by atoms with Crippen LogP contribution >= 0.6 is 33.9 Å². The van der Waals surface area contributed by atoms with Crippen LogP contribution in [0.5, 0.6) is 0 Å². The third-order valence-electron chi connectivity index (χ3n) is 2.43. The number of nitrogens with zero attached hydrogens (tertiary/aromatic N) is 1. The SMILES string of the molecule is O=C(Nc1ccc(S(=O)(=O)Cl)cc1Cl)c1ccc(Cl)cn1. The Morgan fingerprint density at radius 3 is 2.38 bits per heavy atom. The average Bonchev–Trinajstić information content (AvgIpc) is 2.40. The number of anilines is 1. The number of benzene rings is 1. The van der Waals surface area contributed by atoms with Gasteiger partial charge in [0.2, 0.25) is 0 Å². The van der Waals surface area contributed by atoms with Crippen molar-refractivity contribution in [1.29, 1.82) is 0 Å². The lowest BCUT2D eigenvalue weighted by molar-refractivity contribution is 0.102. The van der Waals surface area contributed by atoms with E-state index in [0.29, 0.717) is 5.02 Å². The number of carbonyl (C=O) groups is 1. The zero-order chi connectivity index (χ0) is 15.6. The first-order valence-electron chi connectivity index (χ1n) is 5.44. The average molecular weight is 366 g/mol. The van der Waals surface area contributed by atoms with Crippen LogP contribution in [0, 0.1) is 0 Å². The van der Waals surface area contributed by atoms with E-state index in [1.807, 2.05) is 0 Å². The molecule has 1 aromatic carbocycles. The fourth-order valence-corrected chi connectivity index (χ4v) is 2.63. The summed E-state index contributed by atoms with van der Waals surface area (Å²) in [4.78, 5) is 15.6. The first-order valence-corrected chi connectivity index (χ1v) is 8.51. The van der Waals surface area contributed by atoms with Crippen molar-refractivity contribution in [2.45, 2.75) is 4.90 Å². The summed E-state index contributed by atoms with van der Waals surface area (Å²) < 4.78 is 22.3. The number of rotatable bonds is 3. The number of halogens is 3. The summed E-state index contributed by atoms with van der Waals surface area (Å²) in [5.41, 5.74) is 0.381. The largest absolute Gasteiger partial charge is 0.319 e. The van der Waals surface area contributed by atoms with Gasteiger partial charge < -0.3 is 5.32 Å². The molecule has 1 amide bonds. The lowest BCUT2D eigenvalue weighted by Crippen LogP contribution is -2.13.